The van der Waals surface area contributed by atoms with Crippen molar-refractivity contribution in [3.8, 4) is 0 Å². The van der Waals surface area contributed by atoms with E-state index in [2.05, 4.69) is 13.8 Å². The fourth-order valence-corrected chi connectivity index (χ4v) is 4.23. The highest BCUT2D eigenvalue weighted by Crippen LogP contribution is 2.32. The monoisotopic (exact) mass is 382 g/mol. The molecule has 1 N–H and O–H groups in total. The largest absolute Gasteiger partial charge is 0.481 e. The molecule has 3 atom stereocenters. The van der Waals surface area contributed by atoms with E-state index in [1.807, 2.05) is 0 Å². The number of carbonyl (C=O) groups excluding carboxylic acids is 1. The van der Waals surface area contributed by atoms with Gasteiger partial charge in [-0.1, -0.05) is 84.5 Å². The number of hydrogen-bond acceptors (Lipinski definition) is 3. The third-order valence-electron chi connectivity index (χ3n) is 5.91. The standard InChI is InChI=1S/C23H42O4/c1-3-5-6-7-8-9-10-11-12-16-19(15-4-2)27-23(26)21-18-14-13-17-20(21)22(24)25/h19-21H,3-18H2,1-2H3,(H,24,25). The molecular weight excluding hydrogens is 340 g/mol. The van der Waals surface area contributed by atoms with E-state index in [-0.39, 0.29) is 12.1 Å². The van der Waals surface area contributed by atoms with Gasteiger partial charge < -0.3 is 9.84 Å². The van der Waals surface area contributed by atoms with Gasteiger partial charge in [-0.15, -0.1) is 0 Å². The van der Waals surface area contributed by atoms with Gasteiger partial charge in [-0.2, -0.15) is 0 Å². The van der Waals surface area contributed by atoms with Gasteiger partial charge in [-0.25, -0.2) is 0 Å². The van der Waals surface area contributed by atoms with Crippen molar-refractivity contribution >= 4 is 11.9 Å². The van der Waals surface area contributed by atoms with E-state index in [1.54, 1.807) is 0 Å². The molecule has 0 aromatic heterocycles. The third kappa shape index (κ3) is 10.2. The Hall–Kier alpha value is -1.06. The lowest BCUT2D eigenvalue weighted by Crippen LogP contribution is -2.35. The number of aliphatic carboxylic acids is 1. The summed E-state index contributed by atoms with van der Waals surface area (Å²) in [6.07, 6.45) is 17.4. The van der Waals surface area contributed by atoms with Crippen LogP contribution >= 0.6 is 0 Å². The highest BCUT2D eigenvalue weighted by atomic mass is 16.5. The van der Waals surface area contributed by atoms with Crippen LogP contribution in [0.1, 0.15) is 117 Å². The van der Waals surface area contributed by atoms with Crippen molar-refractivity contribution in [1.82, 2.24) is 0 Å². The van der Waals surface area contributed by atoms with Gasteiger partial charge in [0.1, 0.15) is 6.10 Å². The van der Waals surface area contributed by atoms with Crippen LogP contribution in [-0.2, 0) is 14.3 Å². The Kier molecular flexibility index (Phi) is 13.3. The van der Waals surface area contributed by atoms with Gasteiger partial charge in [-0.3, -0.25) is 9.59 Å². The van der Waals surface area contributed by atoms with E-state index in [4.69, 9.17) is 4.74 Å². The van der Waals surface area contributed by atoms with E-state index in [9.17, 15) is 14.7 Å². The zero-order chi connectivity index (χ0) is 19.9. The first kappa shape index (κ1) is 24.0. The molecule has 0 heterocycles. The summed E-state index contributed by atoms with van der Waals surface area (Å²) in [5.41, 5.74) is 0. The van der Waals surface area contributed by atoms with Crippen LogP contribution in [-0.4, -0.2) is 23.1 Å². The zero-order valence-electron chi connectivity index (χ0n) is 17.7. The van der Waals surface area contributed by atoms with Crippen molar-refractivity contribution < 1.29 is 19.4 Å². The van der Waals surface area contributed by atoms with Crippen molar-refractivity contribution in [1.29, 1.82) is 0 Å². The summed E-state index contributed by atoms with van der Waals surface area (Å²) >= 11 is 0. The fraction of sp³-hybridized carbons (Fsp3) is 0.913. The van der Waals surface area contributed by atoms with E-state index in [1.165, 1.54) is 51.4 Å². The SMILES string of the molecule is CCCCCCCCCCCC(CCC)OC(=O)C1CCCCC1C(=O)O. The predicted octanol–water partition coefficient (Wildman–Crippen LogP) is 6.51. The van der Waals surface area contributed by atoms with Gasteiger partial charge in [0.05, 0.1) is 11.8 Å². The second-order valence-corrected chi connectivity index (χ2v) is 8.30. The molecule has 4 nitrogen and oxygen atoms in total. The molecule has 0 aromatic carbocycles. The number of unbranched alkanes of at least 4 members (excludes halogenated alkanes) is 8. The molecule has 3 unspecified atom stereocenters. The number of carboxylic acids is 1. The van der Waals surface area contributed by atoms with Gasteiger partial charge >= 0.3 is 11.9 Å². The van der Waals surface area contributed by atoms with Gasteiger partial charge in [0, 0.05) is 0 Å². The number of hydrogen-bond donors (Lipinski definition) is 1. The van der Waals surface area contributed by atoms with Crippen molar-refractivity contribution in [3.05, 3.63) is 0 Å². The molecule has 1 saturated carbocycles. The molecule has 0 amide bonds. The minimum absolute atomic E-state index is 0.0385. The second-order valence-electron chi connectivity index (χ2n) is 8.30. The molecule has 0 saturated heterocycles. The number of ether oxygens (including phenoxy) is 1. The van der Waals surface area contributed by atoms with Gasteiger partial charge in [0.25, 0.3) is 0 Å². The molecule has 1 fully saturated rings. The molecule has 27 heavy (non-hydrogen) atoms. The Morgan fingerprint density at radius 2 is 1.37 bits per heavy atom. The van der Waals surface area contributed by atoms with E-state index in [0.717, 1.165) is 38.5 Å². The summed E-state index contributed by atoms with van der Waals surface area (Å²) in [5, 5.41) is 9.38. The third-order valence-corrected chi connectivity index (χ3v) is 5.91. The van der Waals surface area contributed by atoms with Crippen molar-refractivity contribution in [3.63, 3.8) is 0 Å². The van der Waals surface area contributed by atoms with Gasteiger partial charge in [0.15, 0.2) is 0 Å². The van der Waals surface area contributed by atoms with Gasteiger partial charge in [-0.05, 0) is 32.1 Å². The molecule has 0 aliphatic heterocycles. The molecule has 0 spiro atoms. The summed E-state index contributed by atoms with van der Waals surface area (Å²) < 4.78 is 5.78. The number of esters is 1. The molecule has 1 rings (SSSR count). The summed E-state index contributed by atoms with van der Waals surface area (Å²) in [6.45, 7) is 4.35. The minimum Gasteiger partial charge on any atom is -0.481 e. The predicted molar refractivity (Wildman–Crippen MR) is 110 cm³/mol. The first-order valence-corrected chi connectivity index (χ1v) is 11.5. The van der Waals surface area contributed by atoms with Crippen LogP contribution in [0, 0.1) is 11.8 Å². The molecule has 4 heteroatoms. The molecule has 1 aliphatic rings. The lowest BCUT2D eigenvalue weighted by molar-refractivity contribution is -0.164. The molecule has 0 radical (unpaired) electrons. The van der Waals surface area contributed by atoms with E-state index < -0.39 is 17.8 Å². The summed E-state index contributed by atoms with van der Waals surface area (Å²) in [5.74, 6) is -2.11. The minimum atomic E-state index is -0.845. The average molecular weight is 383 g/mol. The first-order valence-electron chi connectivity index (χ1n) is 11.5. The first-order chi connectivity index (χ1) is 13.1. The highest BCUT2D eigenvalue weighted by molar-refractivity contribution is 5.81. The highest BCUT2D eigenvalue weighted by Gasteiger charge is 2.37. The second kappa shape index (κ2) is 14.9. The Morgan fingerprint density at radius 3 is 1.93 bits per heavy atom. The van der Waals surface area contributed by atoms with E-state index in [0.29, 0.717) is 12.8 Å². The molecule has 1 aliphatic carbocycles. The van der Waals surface area contributed by atoms with Crippen molar-refractivity contribution in [2.45, 2.75) is 123 Å². The topological polar surface area (TPSA) is 63.6 Å². The van der Waals surface area contributed by atoms with Crippen molar-refractivity contribution in [2.75, 3.05) is 0 Å². The van der Waals surface area contributed by atoms with E-state index >= 15 is 0 Å². The maximum absolute atomic E-state index is 12.6. The smallest absolute Gasteiger partial charge is 0.310 e. The molecule has 158 valence electrons. The zero-order valence-corrected chi connectivity index (χ0v) is 17.7. The normalized spacial score (nSPS) is 21.0. The number of rotatable bonds is 15. The van der Waals surface area contributed by atoms with Crippen molar-refractivity contribution in [2.24, 2.45) is 11.8 Å². The molecule has 0 aromatic rings. The summed E-state index contributed by atoms with van der Waals surface area (Å²) in [6, 6.07) is 0. The fourth-order valence-electron chi connectivity index (χ4n) is 4.23. The maximum atomic E-state index is 12.6. The van der Waals surface area contributed by atoms with Crippen LogP contribution in [0.4, 0.5) is 0 Å². The molecule has 0 bridgehead atoms. The van der Waals surface area contributed by atoms with Gasteiger partial charge in [0.2, 0.25) is 0 Å². The summed E-state index contributed by atoms with van der Waals surface area (Å²) in [4.78, 5) is 24.0. The Morgan fingerprint density at radius 1 is 0.815 bits per heavy atom. The van der Waals surface area contributed by atoms with Crippen LogP contribution in [0.15, 0.2) is 0 Å². The summed E-state index contributed by atoms with van der Waals surface area (Å²) in [7, 11) is 0. The quantitative estimate of drug-likeness (QED) is 0.259. The lowest BCUT2D eigenvalue weighted by Gasteiger charge is -2.28. The Bertz CT molecular complexity index is 407. The van der Waals surface area contributed by atoms with Crippen LogP contribution in [0.5, 0.6) is 0 Å². The van der Waals surface area contributed by atoms with Crippen LogP contribution in [0.3, 0.4) is 0 Å². The number of carboxylic acid groups (broad SMARTS) is 1. The Labute approximate surface area is 166 Å². The lowest BCUT2D eigenvalue weighted by atomic mass is 9.79. The molecular formula is C23H42O4. The average Bonchev–Trinajstić information content (AvgIpc) is 2.66. The van der Waals surface area contributed by atoms with Crippen LogP contribution < -0.4 is 0 Å². The maximum Gasteiger partial charge on any atom is 0.310 e. The Balaban J connectivity index is 2.27. The number of carbonyl (C=O) groups is 2. The van der Waals surface area contributed by atoms with Crippen LogP contribution in [0.25, 0.3) is 0 Å². The van der Waals surface area contributed by atoms with Crippen LogP contribution in [0.2, 0.25) is 0 Å².